The van der Waals surface area contributed by atoms with Crippen molar-refractivity contribution in [2.45, 2.75) is 20.8 Å². The summed E-state index contributed by atoms with van der Waals surface area (Å²) in [7, 11) is 0. The Morgan fingerprint density at radius 1 is 1.35 bits per heavy atom. The molecule has 0 saturated heterocycles. The quantitative estimate of drug-likeness (QED) is 0.657. The third-order valence-corrected chi connectivity index (χ3v) is 2.97. The summed E-state index contributed by atoms with van der Waals surface area (Å²) in [5, 5.41) is 16.1. The lowest BCUT2D eigenvalue weighted by molar-refractivity contribution is -0.122. The number of nitrogens with zero attached hydrogens (tertiary/aromatic N) is 1. The van der Waals surface area contributed by atoms with E-state index in [-0.39, 0.29) is 5.71 Å². The largest absolute Gasteiger partial charge is 0.454 e. The van der Waals surface area contributed by atoms with Crippen LogP contribution in [0.1, 0.15) is 28.4 Å². The molecule has 104 valence electrons. The molecular weight excluding hydrogens is 256 g/mol. The zero-order valence-electron chi connectivity index (χ0n) is 11.7. The molecule has 1 atom stereocenters. The first-order valence-corrected chi connectivity index (χ1v) is 6.08. The van der Waals surface area contributed by atoms with Crippen LogP contribution in [-0.4, -0.2) is 24.1 Å². The molecule has 5 heteroatoms. The molecule has 1 N–H and O–H groups in total. The zero-order chi connectivity index (χ0) is 15.3. The highest BCUT2D eigenvalue weighted by Crippen LogP contribution is 2.11. The van der Waals surface area contributed by atoms with Gasteiger partial charge in [0.15, 0.2) is 12.4 Å². The van der Waals surface area contributed by atoms with Crippen molar-refractivity contribution in [3.8, 4) is 6.07 Å². The molecule has 5 nitrogen and oxygen atoms in total. The highest BCUT2D eigenvalue weighted by atomic mass is 16.5. The standard InChI is InChI=1S/C15H16N2O3/c1-9-4-5-12(6-10(9)2)15(19)20-8-14(18)13(7-16)11(3)17/h4-6,13,17H,8H2,1-3H3/t13-/m1/s1. The predicted octanol–water partition coefficient (Wildman–Crippen LogP) is 2.21. The smallest absolute Gasteiger partial charge is 0.338 e. The fourth-order valence-corrected chi connectivity index (χ4v) is 1.58. The number of nitrogens with one attached hydrogen (secondary N) is 1. The molecule has 1 aromatic rings. The van der Waals surface area contributed by atoms with Crippen LogP contribution in [0.4, 0.5) is 0 Å². The minimum atomic E-state index is -1.15. The van der Waals surface area contributed by atoms with Crippen molar-refractivity contribution in [3.05, 3.63) is 34.9 Å². The van der Waals surface area contributed by atoms with Crippen molar-refractivity contribution >= 4 is 17.5 Å². The Labute approximate surface area is 117 Å². The highest BCUT2D eigenvalue weighted by Gasteiger charge is 2.21. The summed E-state index contributed by atoms with van der Waals surface area (Å²) in [6.07, 6.45) is 0. The van der Waals surface area contributed by atoms with E-state index in [4.69, 9.17) is 15.4 Å². The number of nitriles is 1. The minimum absolute atomic E-state index is 0.0558. The van der Waals surface area contributed by atoms with Crippen LogP contribution in [0.25, 0.3) is 0 Å². The van der Waals surface area contributed by atoms with Crippen LogP contribution in [-0.2, 0) is 9.53 Å². The van der Waals surface area contributed by atoms with Gasteiger partial charge >= 0.3 is 5.97 Å². The summed E-state index contributed by atoms with van der Waals surface area (Å²) in [5.74, 6) is -2.35. The number of benzene rings is 1. The number of Topliss-reactive ketones (excluding diaryl/α,β-unsaturated/α-hetero) is 1. The van der Waals surface area contributed by atoms with E-state index < -0.39 is 24.3 Å². The molecule has 0 aliphatic rings. The second-order valence-electron chi connectivity index (χ2n) is 4.59. The van der Waals surface area contributed by atoms with Gasteiger partial charge in [-0.05, 0) is 44.0 Å². The number of rotatable bonds is 5. The monoisotopic (exact) mass is 272 g/mol. The first-order chi connectivity index (χ1) is 9.36. The number of ketones is 1. The first-order valence-electron chi connectivity index (χ1n) is 6.08. The van der Waals surface area contributed by atoms with Crippen LogP contribution in [0.15, 0.2) is 18.2 Å². The van der Waals surface area contributed by atoms with Gasteiger partial charge in [0.1, 0.15) is 5.92 Å². The van der Waals surface area contributed by atoms with Crippen molar-refractivity contribution < 1.29 is 14.3 Å². The molecule has 0 saturated carbocycles. The molecule has 1 aromatic carbocycles. The molecule has 0 radical (unpaired) electrons. The van der Waals surface area contributed by atoms with E-state index >= 15 is 0 Å². The number of carbonyl (C=O) groups excluding carboxylic acids is 2. The number of hydrogen-bond acceptors (Lipinski definition) is 5. The van der Waals surface area contributed by atoms with Gasteiger partial charge in [0.2, 0.25) is 0 Å². The molecule has 0 fully saturated rings. The van der Waals surface area contributed by atoms with Gasteiger partial charge in [-0.15, -0.1) is 0 Å². The number of hydrogen-bond donors (Lipinski definition) is 1. The predicted molar refractivity (Wildman–Crippen MR) is 73.7 cm³/mol. The summed E-state index contributed by atoms with van der Waals surface area (Å²) < 4.78 is 4.88. The maximum atomic E-state index is 11.8. The summed E-state index contributed by atoms with van der Waals surface area (Å²) in [4.78, 5) is 23.4. The maximum Gasteiger partial charge on any atom is 0.338 e. The van der Waals surface area contributed by atoms with Gasteiger partial charge in [0.05, 0.1) is 11.6 Å². The molecule has 1 rings (SSSR count). The first kappa shape index (κ1) is 15.6. The molecule has 0 amide bonds. The molecule has 0 aliphatic carbocycles. The van der Waals surface area contributed by atoms with E-state index in [1.54, 1.807) is 24.3 Å². The van der Waals surface area contributed by atoms with E-state index in [2.05, 4.69) is 0 Å². The van der Waals surface area contributed by atoms with Crippen LogP contribution < -0.4 is 0 Å². The second-order valence-corrected chi connectivity index (χ2v) is 4.59. The van der Waals surface area contributed by atoms with Gasteiger partial charge in [-0.3, -0.25) is 4.79 Å². The third kappa shape index (κ3) is 3.75. The van der Waals surface area contributed by atoms with E-state index in [0.29, 0.717) is 5.56 Å². The molecule has 0 unspecified atom stereocenters. The van der Waals surface area contributed by atoms with Gasteiger partial charge in [-0.25, -0.2) is 4.79 Å². The molecule has 0 bridgehead atoms. The number of carbonyl (C=O) groups is 2. The Hall–Kier alpha value is -2.48. The second kappa shape index (κ2) is 6.62. The molecule has 20 heavy (non-hydrogen) atoms. The molecule has 0 aromatic heterocycles. The summed E-state index contributed by atoms with van der Waals surface area (Å²) >= 11 is 0. The Balaban J connectivity index is 2.68. The van der Waals surface area contributed by atoms with Crippen LogP contribution in [0.2, 0.25) is 0 Å². The lowest BCUT2D eigenvalue weighted by Gasteiger charge is -2.08. The van der Waals surface area contributed by atoms with Gasteiger partial charge in [0.25, 0.3) is 0 Å². The van der Waals surface area contributed by atoms with E-state index in [1.165, 1.54) is 6.92 Å². The summed E-state index contributed by atoms with van der Waals surface area (Å²) in [6.45, 7) is 4.68. The Morgan fingerprint density at radius 2 is 2.00 bits per heavy atom. The number of esters is 1. The fraction of sp³-hybridized carbons (Fsp3) is 0.333. The van der Waals surface area contributed by atoms with Crippen LogP contribution in [0.5, 0.6) is 0 Å². The van der Waals surface area contributed by atoms with Crippen LogP contribution >= 0.6 is 0 Å². The van der Waals surface area contributed by atoms with Gasteiger partial charge in [0, 0.05) is 5.71 Å². The van der Waals surface area contributed by atoms with E-state index in [9.17, 15) is 9.59 Å². The Bertz CT molecular complexity index is 600. The van der Waals surface area contributed by atoms with Gasteiger partial charge < -0.3 is 10.1 Å². The van der Waals surface area contributed by atoms with Crippen molar-refractivity contribution in [1.29, 1.82) is 10.7 Å². The van der Waals surface area contributed by atoms with Crippen LogP contribution in [0, 0.1) is 36.5 Å². The summed E-state index contributed by atoms with van der Waals surface area (Å²) in [6, 6.07) is 6.83. The van der Waals surface area contributed by atoms with Crippen molar-refractivity contribution in [1.82, 2.24) is 0 Å². The Morgan fingerprint density at radius 3 is 2.50 bits per heavy atom. The normalized spacial score (nSPS) is 11.3. The highest BCUT2D eigenvalue weighted by molar-refractivity contribution is 6.06. The molecular formula is C15H16N2O3. The summed E-state index contributed by atoms with van der Waals surface area (Å²) in [5.41, 5.74) is 2.32. The topological polar surface area (TPSA) is 91.0 Å². The van der Waals surface area contributed by atoms with Crippen molar-refractivity contribution in [2.24, 2.45) is 5.92 Å². The van der Waals surface area contributed by atoms with E-state index in [1.807, 2.05) is 13.8 Å². The third-order valence-electron chi connectivity index (χ3n) is 2.97. The SMILES string of the molecule is CC(=N)[C@@H](C#N)C(=O)COC(=O)c1ccc(C)c(C)c1. The molecule has 0 aliphatic heterocycles. The van der Waals surface area contributed by atoms with Crippen molar-refractivity contribution in [2.75, 3.05) is 6.61 Å². The van der Waals surface area contributed by atoms with Crippen LogP contribution in [0.3, 0.4) is 0 Å². The minimum Gasteiger partial charge on any atom is -0.454 e. The van der Waals surface area contributed by atoms with E-state index in [0.717, 1.165) is 11.1 Å². The van der Waals surface area contributed by atoms with Gasteiger partial charge in [-0.1, -0.05) is 6.07 Å². The Kier molecular flexibility index (Phi) is 5.15. The average molecular weight is 272 g/mol. The lowest BCUT2D eigenvalue weighted by Crippen LogP contribution is -2.25. The zero-order valence-corrected chi connectivity index (χ0v) is 11.7. The molecule has 0 heterocycles. The average Bonchev–Trinajstić information content (AvgIpc) is 2.39. The maximum absolute atomic E-state index is 11.8. The number of aryl methyl sites for hydroxylation is 2. The lowest BCUT2D eigenvalue weighted by atomic mass is 10.0. The molecule has 0 spiro atoms. The number of ether oxygens (including phenoxy) is 1. The fourth-order valence-electron chi connectivity index (χ4n) is 1.58. The van der Waals surface area contributed by atoms with Crippen molar-refractivity contribution in [3.63, 3.8) is 0 Å². The van der Waals surface area contributed by atoms with Gasteiger partial charge in [-0.2, -0.15) is 5.26 Å².